The van der Waals surface area contributed by atoms with Gasteiger partial charge in [0.15, 0.2) is 0 Å². The number of thiophene rings is 1. The van der Waals surface area contributed by atoms with Gasteiger partial charge in [0.2, 0.25) is 0 Å². The van der Waals surface area contributed by atoms with E-state index in [0.29, 0.717) is 5.92 Å². The van der Waals surface area contributed by atoms with E-state index in [2.05, 4.69) is 37.1 Å². The predicted molar refractivity (Wildman–Crippen MR) is 73.5 cm³/mol. The summed E-state index contributed by atoms with van der Waals surface area (Å²) in [6.45, 7) is 9.80. The van der Waals surface area contributed by atoms with Crippen LogP contribution in [0.1, 0.15) is 37.1 Å². The molecule has 1 saturated heterocycles. The van der Waals surface area contributed by atoms with Crippen molar-refractivity contribution in [3.05, 3.63) is 21.9 Å². The lowest BCUT2D eigenvalue weighted by Crippen LogP contribution is -2.43. The Morgan fingerprint density at radius 2 is 2.06 bits per heavy atom. The average Bonchev–Trinajstić information content (AvgIpc) is 2.69. The van der Waals surface area contributed by atoms with E-state index in [4.69, 9.17) is 0 Å². The van der Waals surface area contributed by atoms with Crippen molar-refractivity contribution in [2.75, 3.05) is 19.6 Å². The first-order valence-electron chi connectivity index (χ1n) is 6.50. The Morgan fingerprint density at radius 1 is 1.41 bits per heavy atom. The summed E-state index contributed by atoms with van der Waals surface area (Å²) >= 11 is 1.73. The number of aryl methyl sites for hydroxylation is 1. The molecule has 1 aliphatic rings. The minimum atomic E-state index is -0.571. The van der Waals surface area contributed by atoms with Crippen LogP contribution >= 0.6 is 11.3 Å². The van der Waals surface area contributed by atoms with E-state index in [1.807, 2.05) is 0 Å². The third kappa shape index (κ3) is 3.09. The number of piperidine rings is 1. The zero-order chi connectivity index (χ0) is 12.5. The van der Waals surface area contributed by atoms with Gasteiger partial charge in [-0.2, -0.15) is 0 Å². The molecule has 2 rings (SSSR count). The second-order valence-electron chi connectivity index (χ2n) is 5.67. The maximum atomic E-state index is 10.7. The monoisotopic (exact) mass is 253 g/mol. The van der Waals surface area contributed by atoms with Gasteiger partial charge in [-0.1, -0.05) is 13.8 Å². The molecule has 0 aliphatic carbocycles. The highest BCUT2D eigenvalue weighted by atomic mass is 32.1. The standard InChI is InChI=1S/C14H23NOS/c1-11(2)9-15-6-4-14(16,5-7-15)13-8-12(3)17-10-13/h8,10-11,16H,4-7,9H2,1-3H3. The molecule has 1 aromatic heterocycles. The van der Waals surface area contributed by atoms with E-state index >= 15 is 0 Å². The first kappa shape index (κ1) is 13.1. The molecule has 1 aliphatic heterocycles. The van der Waals surface area contributed by atoms with Crippen molar-refractivity contribution in [2.24, 2.45) is 5.92 Å². The Balaban J connectivity index is 1.97. The van der Waals surface area contributed by atoms with Crippen LogP contribution < -0.4 is 0 Å². The Bertz CT molecular complexity index is 364. The molecule has 0 radical (unpaired) electrons. The van der Waals surface area contributed by atoms with Crippen LogP contribution in [-0.2, 0) is 5.60 Å². The summed E-state index contributed by atoms with van der Waals surface area (Å²) in [6.07, 6.45) is 1.74. The molecule has 2 nitrogen and oxygen atoms in total. The molecule has 0 atom stereocenters. The van der Waals surface area contributed by atoms with Gasteiger partial charge in [-0.05, 0) is 42.7 Å². The average molecular weight is 253 g/mol. The van der Waals surface area contributed by atoms with Gasteiger partial charge in [-0.15, -0.1) is 11.3 Å². The van der Waals surface area contributed by atoms with Crippen LogP contribution in [0.4, 0.5) is 0 Å². The van der Waals surface area contributed by atoms with Crippen LogP contribution in [0.25, 0.3) is 0 Å². The summed E-state index contributed by atoms with van der Waals surface area (Å²) in [4.78, 5) is 3.76. The quantitative estimate of drug-likeness (QED) is 0.895. The fourth-order valence-electron chi connectivity index (χ4n) is 2.60. The lowest BCUT2D eigenvalue weighted by atomic mass is 9.85. The van der Waals surface area contributed by atoms with E-state index in [0.717, 1.165) is 38.0 Å². The van der Waals surface area contributed by atoms with Gasteiger partial charge in [0.25, 0.3) is 0 Å². The fraction of sp³-hybridized carbons (Fsp3) is 0.714. The van der Waals surface area contributed by atoms with E-state index in [9.17, 15) is 5.11 Å². The molecule has 1 N–H and O–H groups in total. The molecule has 3 heteroatoms. The summed E-state index contributed by atoms with van der Waals surface area (Å²) in [7, 11) is 0. The molecule has 0 spiro atoms. The summed E-state index contributed by atoms with van der Waals surface area (Å²) in [6, 6.07) is 2.14. The van der Waals surface area contributed by atoms with Crippen LogP contribution in [0.2, 0.25) is 0 Å². The molecule has 0 bridgehead atoms. The van der Waals surface area contributed by atoms with Gasteiger partial charge in [-0.3, -0.25) is 0 Å². The van der Waals surface area contributed by atoms with E-state index in [-0.39, 0.29) is 0 Å². The maximum Gasteiger partial charge on any atom is 0.0929 e. The highest BCUT2D eigenvalue weighted by Gasteiger charge is 2.34. The largest absolute Gasteiger partial charge is 0.385 e. The number of hydrogen-bond donors (Lipinski definition) is 1. The molecule has 0 unspecified atom stereocenters. The molecule has 1 fully saturated rings. The Kier molecular flexibility index (Phi) is 3.91. The van der Waals surface area contributed by atoms with Gasteiger partial charge in [-0.25, -0.2) is 0 Å². The zero-order valence-corrected chi connectivity index (χ0v) is 11.9. The minimum absolute atomic E-state index is 0.571. The number of hydrogen-bond acceptors (Lipinski definition) is 3. The van der Waals surface area contributed by atoms with E-state index in [1.165, 1.54) is 4.88 Å². The first-order valence-corrected chi connectivity index (χ1v) is 7.38. The van der Waals surface area contributed by atoms with Crippen molar-refractivity contribution < 1.29 is 5.11 Å². The van der Waals surface area contributed by atoms with Gasteiger partial charge in [0.1, 0.15) is 0 Å². The van der Waals surface area contributed by atoms with Gasteiger partial charge >= 0.3 is 0 Å². The van der Waals surface area contributed by atoms with Crippen molar-refractivity contribution in [1.82, 2.24) is 4.90 Å². The molecule has 0 saturated carbocycles. The Hall–Kier alpha value is -0.380. The molecule has 0 amide bonds. The Labute approximate surface area is 108 Å². The number of nitrogens with zero attached hydrogens (tertiary/aromatic N) is 1. The van der Waals surface area contributed by atoms with Crippen LogP contribution in [0.3, 0.4) is 0 Å². The molecule has 96 valence electrons. The molecular weight excluding hydrogens is 230 g/mol. The highest BCUT2D eigenvalue weighted by Crippen LogP contribution is 2.35. The molecular formula is C14H23NOS. The van der Waals surface area contributed by atoms with E-state index < -0.39 is 5.60 Å². The van der Waals surface area contributed by atoms with Gasteiger partial charge in [0.05, 0.1) is 5.60 Å². The molecule has 2 heterocycles. The third-order valence-corrected chi connectivity index (χ3v) is 4.44. The first-order chi connectivity index (χ1) is 7.99. The fourth-order valence-corrected chi connectivity index (χ4v) is 3.39. The lowest BCUT2D eigenvalue weighted by molar-refractivity contribution is -0.0276. The molecule has 17 heavy (non-hydrogen) atoms. The molecule has 0 aromatic carbocycles. The topological polar surface area (TPSA) is 23.5 Å². The van der Waals surface area contributed by atoms with Crippen molar-refractivity contribution in [1.29, 1.82) is 0 Å². The number of likely N-dealkylation sites (tertiary alicyclic amines) is 1. The third-order valence-electron chi connectivity index (χ3n) is 3.57. The summed E-state index contributed by atoms with van der Waals surface area (Å²) in [5, 5.41) is 12.8. The number of rotatable bonds is 3. The summed E-state index contributed by atoms with van der Waals surface area (Å²) in [5.74, 6) is 0.713. The number of aliphatic hydroxyl groups is 1. The van der Waals surface area contributed by atoms with Crippen LogP contribution in [0, 0.1) is 12.8 Å². The van der Waals surface area contributed by atoms with Crippen LogP contribution in [-0.4, -0.2) is 29.6 Å². The highest BCUT2D eigenvalue weighted by molar-refractivity contribution is 7.10. The SMILES string of the molecule is Cc1cc(C2(O)CCN(CC(C)C)CC2)cs1. The summed E-state index contributed by atoms with van der Waals surface area (Å²) in [5.41, 5.74) is 0.558. The second-order valence-corrected chi connectivity index (χ2v) is 6.79. The van der Waals surface area contributed by atoms with Crippen molar-refractivity contribution in [3.8, 4) is 0 Å². The predicted octanol–water partition coefficient (Wildman–Crippen LogP) is 3.00. The van der Waals surface area contributed by atoms with Crippen molar-refractivity contribution in [3.63, 3.8) is 0 Å². The van der Waals surface area contributed by atoms with Crippen LogP contribution in [0.5, 0.6) is 0 Å². The zero-order valence-electron chi connectivity index (χ0n) is 11.1. The lowest BCUT2D eigenvalue weighted by Gasteiger charge is -2.38. The second kappa shape index (κ2) is 5.09. The van der Waals surface area contributed by atoms with Gasteiger partial charge in [0, 0.05) is 24.5 Å². The van der Waals surface area contributed by atoms with Crippen molar-refractivity contribution >= 4 is 11.3 Å². The van der Waals surface area contributed by atoms with Gasteiger partial charge < -0.3 is 10.0 Å². The smallest absolute Gasteiger partial charge is 0.0929 e. The normalized spacial score (nSPS) is 21.0. The van der Waals surface area contributed by atoms with Crippen LogP contribution in [0.15, 0.2) is 11.4 Å². The minimum Gasteiger partial charge on any atom is -0.385 e. The van der Waals surface area contributed by atoms with Crippen molar-refractivity contribution in [2.45, 2.75) is 39.2 Å². The summed E-state index contributed by atoms with van der Waals surface area (Å²) < 4.78 is 0. The Morgan fingerprint density at radius 3 is 2.53 bits per heavy atom. The van der Waals surface area contributed by atoms with E-state index in [1.54, 1.807) is 11.3 Å². The molecule has 1 aromatic rings. The maximum absolute atomic E-state index is 10.7.